The lowest BCUT2D eigenvalue weighted by Crippen LogP contribution is -2.36. The molecule has 4 rings (SSSR count). The number of urea groups is 1. The minimum Gasteiger partial charge on any atom is -0.378 e. The van der Waals surface area contributed by atoms with Crippen molar-refractivity contribution in [2.75, 3.05) is 43.6 Å². The van der Waals surface area contributed by atoms with Crippen LogP contribution in [0.15, 0.2) is 48.7 Å². The van der Waals surface area contributed by atoms with Crippen molar-refractivity contribution < 1.29 is 9.53 Å². The van der Waals surface area contributed by atoms with Crippen LogP contribution in [0.25, 0.3) is 22.2 Å². The highest BCUT2D eigenvalue weighted by atomic mass is 16.5. The number of ether oxygens (including phenoxy) is 1. The van der Waals surface area contributed by atoms with Crippen molar-refractivity contribution in [1.29, 1.82) is 0 Å². The van der Waals surface area contributed by atoms with E-state index in [0.29, 0.717) is 13.2 Å². The molecule has 7 heteroatoms. The number of aromatic nitrogens is 2. The quantitative estimate of drug-likeness (QED) is 0.748. The van der Waals surface area contributed by atoms with Gasteiger partial charge in [0, 0.05) is 25.8 Å². The highest BCUT2D eigenvalue weighted by Crippen LogP contribution is 2.26. The molecule has 1 fully saturated rings. The van der Waals surface area contributed by atoms with E-state index in [9.17, 15) is 4.79 Å². The number of hydrogen-bond donors (Lipinski definition) is 2. The first-order chi connectivity index (χ1) is 13.2. The Labute approximate surface area is 157 Å². The maximum absolute atomic E-state index is 11.5. The Morgan fingerprint density at radius 3 is 2.70 bits per heavy atom. The average Bonchev–Trinajstić information content (AvgIpc) is 2.73. The summed E-state index contributed by atoms with van der Waals surface area (Å²) in [5.41, 5.74) is 4.47. The van der Waals surface area contributed by atoms with E-state index in [2.05, 4.69) is 20.5 Å². The number of rotatable bonds is 3. The number of anilines is 2. The summed E-state index contributed by atoms with van der Waals surface area (Å²) in [4.78, 5) is 23.1. The first-order valence-corrected chi connectivity index (χ1v) is 8.91. The molecule has 0 atom stereocenters. The summed E-state index contributed by atoms with van der Waals surface area (Å²) in [6.07, 6.45) is 1.82. The number of hydrogen-bond acceptors (Lipinski definition) is 5. The Bertz CT molecular complexity index is 969. The zero-order valence-electron chi connectivity index (χ0n) is 15.1. The Morgan fingerprint density at radius 2 is 1.89 bits per heavy atom. The lowest BCUT2D eigenvalue weighted by molar-refractivity contribution is 0.122. The number of morpholine rings is 1. The summed E-state index contributed by atoms with van der Waals surface area (Å²) < 4.78 is 5.41. The number of benzene rings is 2. The van der Waals surface area contributed by atoms with Crippen molar-refractivity contribution in [3.8, 4) is 11.1 Å². The second kappa shape index (κ2) is 7.59. The zero-order chi connectivity index (χ0) is 18.6. The van der Waals surface area contributed by atoms with E-state index in [-0.39, 0.29) is 6.03 Å². The van der Waals surface area contributed by atoms with Crippen LogP contribution in [-0.2, 0) is 4.74 Å². The van der Waals surface area contributed by atoms with Crippen LogP contribution in [0.5, 0.6) is 0 Å². The van der Waals surface area contributed by atoms with E-state index in [1.54, 1.807) is 7.05 Å². The number of nitrogens with zero attached hydrogens (tertiary/aromatic N) is 3. The van der Waals surface area contributed by atoms with Gasteiger partial charge in [0.2, 0.25) is 0 Å². The molecule has 0 bridgehead atoms. The van der Waals surface area contributed by atoms with E-state index < -0.39 is 0 Å². The van der Waals surface area contributed by atoms with Gasteiger partial charge >= 0.3 is 6.03 Å². The van der Waals surface area contributed by atoms with Crippen LogP contribution < -0.4 is 15.5 Å². The molecule has 3 aromatic rings. The third-order valence-electron chi connectivity index (χ3n) is 4.55. The molecule has 1 saturated heterocycles. The lowest BCUT2D eigenvalue weighted by atomic mass is 10.0. The second-order valence-corrected chi connectivity index (χ2v) is 6.32. The SMILES string of the molecule is CNC(=O)Nc1cccc(-c2ccc3ncc(N4CCOCC4)nc3c2)c1. The number of carbonyl (C=O) groups excluding carboxylic acids is 1. The zero-order valence-corrected chi connectivity index (χ0v) is 15.1. The molecule has 1 aromatic heterocycles. The molecule has 1 aliphatic rings. The van der Waals surface area contributed by atoms with Crippen molar-refractivity contribution in [2.24, 2.45) is 0 Å². The minimum absolute atomic E-state index is 0.244. The van der Waals surface area contributed by atoms with Crippen molar-refractivity contribution in [3.05, 3.63) is 48.7 Å². The lowest BCUT2D eigenvalue weighted by Gasteiger charge is -2.27. The summed E-state index contributed by atoms with van der Waals surface area (Å²) in [6.45, 7) is 3.08. The maximum Gasteiger partial charge on any atom is 0.318 e. The number of fused-ring (bicyclic) bond motifs is 1. The fourth-order valence-corrected chi connectivity index (χ4v) is 3.10. The van der Waals surface area contributed by atoms with Gasteiger partial charge in [-0.25, -0.2) is 9.78 Å². The molecule has 7 nitrogen and oxygen atoms in total. The van der Waals surface area contributed by atoms with Gasteiger partial charge in [0.15, 0.2) is 0 Å². The predicted molar refractivity (Wildman–Crippen MR) is 106 cm³/mol. The first-order valence-electron chi connectivity index (χ1n) is 8.91. The molecule has 2 aromatic carbocycles. The van der Waals surface area contributed by atoms with Gasteiger partial charge in [-0.05, 0) is 35.4 Å². The van der Waals surface area contributed by atoms with Crippen LogP contribution >= 0.6 is 0 Å². The minimum atomic E-state index is -0.244. The molecule has 0 aliphatic carbocycles. The first kappa shape index (κ1) is 17.2. The summed E-state index contributed by atoms with van der Waals surface area (Å²) in [5.74, 6) is 0.873. The van der Waals surface area contributed by atoms with Crippen LogP contribution in [0, 0.1) is 0 Å². The monoisotopic (exact) mass is 363 g/mol. The standard InChI is InChI=1S/C20H21N5O2/c1-21-20(26)23-16-4-2-3-14(11-16)15-5-6-17-18(12-15)24-19(13-22-17)25-7-9-27-10-8-25/h2-6,11-13H,7-10H2,1H3,(H2,21,23,26). The van der Waals surface area contributed by atoms with Crippen molar-refractivity contribution >= 4 is 28.6 Å². The topological polar surface area (TPSA) is 79.4 Å². The fourth-order valence-electron chi connectivity index (χ4n) is 3.10. The van der Waals surface area contributed by atoms with Gasteiger partial charge < -0.3 is 20.3 Å². The summed E-state index contributed by atoms with van der Waals surface area (Å²) in [7, 11) is 1.59. The van der Waals surface area contributed by atoms with Gasteiger partial charge in [0.1, 0.15) is 5.82 Å². The van der Waals surface area contributed by atoms with Gasteiger partial charge in [-0.3, -0.25) is 4.98 Å². The summed E-state index contributed by atoms with van der Waals surface area (Å²) >= 11 is 0. The molecule has 138 valence electrons. The fraction of sp³-hybridized carbons (Fsp3) is 0.250. The van der Waals surface area contributed by atoms with Gasteiger partial charge in [0.25, 0.3) is 0 Å². The van der Waals surface area contributed by atoms with E-state index >= 15 is 0 Å². The normalized spacial score (nSPS) is 14.2. The maximum atomic E-state index is 11.5. The number of nitrogens with one attached hydrogen (secondary N) is 2. The van der Waals surface area contributed by atoms with Crippen molar-refractivity contribution in [1.82, 2.24) is 15.3 Å². The Morgan fingerprint density at radius 1 is 1.07 bits per heavy atom. The molecule has 2 N–H and O–H groups in total. The molecule has 2 amide bonds. The summed E-state index contributed by atoms with van der Waals surface area (Å²) in [5, 5.41) is 5.35. The smallest absolute Gasteiger partial charge is 0.318 e. The van der Waals surface area contributed by atoms with Crippen molar-refractivity contribution in [3.63, 3.8) is 0 Å². The van der Waals surface area contributed by atoms with Gasteiger partial charge in [-0.2, -0.15) is 0 Å². The van der Waals surface area contributed by atoms with E-state index in [1.165, 1.54) is 0 Å². The van der Waals surface area contributed by atoms with Crippen LogP contribution in [0.1, 0.15) is 0 Å². The highest BCUT2D eigenvalue weighted by Gasteiger charge is 2.13. The Hall–Kier alpha value is -3.19. The van der Waals surface area contributed by atoms with Crippen LogP contribution in [0.3, 0.4) is 0 Å². The van der Waals surface area contributed by atoms with E-state index in [4.69, 9.17) is 9.72 Å². The Kier molecular flexibility index (Phi) is 4.84. The predicted octanol–water partition coefficient (Wildman–Crippen LogP) is 2.88. The molecule has 1 aliphatic heterocycles. The van der Waals surface area contributed by atoms with Crippen LogP contribution in [-0.4, -0.2) is 49.4 Å². The molecule has 27 heavy (non-hydrogen) atoms. The van der Waals surface area contributed by atoms with Gasteiger partial charge in [0.05, 0.1) is 30.4 Å². The van der Waals surface area contributed by atoms with E-state index in [1.807, 2.05) is 48.7 Å². The highest BCUT2D eigenvalue weighted by molar-refractivity contribution is 5.90. The number of carbonyl (C=O) groups is 1. The van der Waals surface area contributed by atoms with Crippen molar-refractivity contribution in [2.45, 2.75) is 0 Å². The average molecular weight is 363 g/mol. The Balaban J connectivity index is 1.66. The largest absolute Gasteiger partial charge is 0.378 e. The third kappa shape index (κ3) is 3.83. The van der Waals surface area contributed by atoms with E-state index in [0.717, 1.165) is 46.8 Å². The summed E-state index contributed by atoms with van der Waals surface area (Å²) in [6, 6.07) is 13.5. The molecular weight excluding hydrogens is 342 g/mol. The van der Waals surface area contributed by atoms with Gasteiger partial charge in [-0.1, -0.05) is 18.2 Å². The number of amides is 2. The van der Waals surface area contributed by atoms with Crippen LogP contribution in [0.4, 0.5) is 16.3 Å². The second-order valence-electron chi connectivity index (χ2n) is 6.32. The molecule has 0 saturated carbocycles. The molecular formula is C20H21N5O2. The van der Waals surface area contributed by atoms with Crippen LogP contribution in [0.2, 0.25) is 0 Å². The van der Waals surface area contributed by atoms with Gasteiger partial charge in [-0.15, -0.1) is 0 Å². The molecule has 0 radical (unpaired) electrons. The molecule has 0 spiro atoms. The third-order valence-corrected chi connectivity index (χ3v) is 4.55. The molecule has 2 heterocycles. The molecule has 0 unspecified atom stereocenters.